The number of hydrogen-bond acceptors (Lipinski definition) is 7. The van der Waals surface area contributed by atoms with Crippen molar-refractivity contribution in [2.24, 2.45) is 0 Å². The quantitative estimate of drug-likeness (QED) is 0.330. The summed E-state index contributed by atoms with van der Waals surface area (Å²) < 4.78 is 27.4. The first-order valence-electron chi connectivity index (χ1n) is 10.5. The van der Waals surface area contributed by atoms with Crippen LogP contribution in [-0.2, 0) is 20.9 Å². The molecule has 0 saturated carbocycles. The number of hydrogen-bond donors (Lipinski definition) is 1. The fourth-order valence-electron chi connectivity index (χ4n) is 3.95. The Morgan fingerprint density at radius 2 is 1.56 bits per heavy atom. The number of para-hydroxylation sites is 2. The lowest BCUT2D eigenvalue weighted by atomic mass is 10.1. The molecule has 0 spiro atoms. The number of esters is 1. The molecule has 1 amide bonds. The van der Waals surface area contributed by atoms with Crippen molar-refractivity contribution in [1.82, 2.24) is 0 Å². The Labute approximate surface area is 194 Å². The molecule has 0 fully saturated rings. The molecule has 0 atom stereocenters. The summed E-state index contributed by atoms with van der Waals surface area (Å²) in [6.07, 6.45) is 0. The van der Waals surface area contributed by atoms with Crippen LogP contribution in [0.5, 0.6) is 5.75 Å². The van der Waals surface area contributed by atoms with Crippen LogP contribution in [0.15, 0.2) is 69.5 Å². The van der Waals surface area contributed by atoms with Gasteiger partial charge in [-0.15, -0.1) is 0 Å². The minimum Gasteiger partial charge on any atom is -0.495 e. The number of carbonyl (C=O) groups is 2. The van der Waals surface area contributed by atoms with Crippen LogP contribution in [0, 0.1) is 0 Å². The number of carbonyl (C=O) groups excluding carboxylic acids is 2. The fourth-order valence-corrected chi connectivity index (χ4v) is 3.95. The standard InChI is InChI=1S/C26H21NO7/c1-30-13-18-16-8-4-6-10-21(16)34-25(18)26(29)32-14-24(28)27-19-12-22-17(11-23(19)31-2)15-7-3-5-9-20(15)33-22/h3-12H,13-14H2,1-2H3,(H,27,28). The third-order valence-corrected chi connectivity index (χ3v) is 5.48. The molecule has 8 nitrogen and oxygen atoms in total. The van der Waals surface area contributed by atoms with Crippen molar-refractivity contribution in [3.63, 3.8) is 0 Å². The van der Waals surface area contributed by atoms with Crippen LogP contribution in [0.4, 0.5) is 5.69 Å². The van der Waals surface area contributed by atoms with E-state index in [0.717, 1.165) is 21.7 Å². The maximum atomic E-state index is 12.7. The lowest BCUT2D eigenvalue weighted by Gasteiger charge is -2.10. The topological polar surface area (TPSA) is 100 Å². The van der Waals surface area contributed by atoms with Crippen LogP contribution in [0.25, 0.3) is 32.9 Å². The van der Waals surface area contributed by atoms with Gasteiger partial charge in [0, 0.05) is 34.9 Å². The van der Waals surface area contributed by atoms with Crippen LogP contribution >= 0.6 is 0 Å². The molecule has 5 rings (SSSR count). The van der Waals surface area contributed by atoms with Crippen molar-refractivity contribution in [2.45, 2.75) is 6.61 Å². The fraction of sp³-hybridized carbons (Fsp3) is 0.154. The summed E-state index contributed by atoms with van der Waals surface area (Å²) in [6.45, 7) is -0.341. The van der Waals surface area contributed by atoms with E-state index < -0.39 is 18.5 Å². The molecule has 5 aromatic rings. The van der Waals surface area contributed by atoms with E-state index >= 15 is 0 Å². The first kappa shape index (κ1) is 21.5. The van der Waals surface area contributed by atoms with Gasteiger partial charge in [-0.05, 0) is 18.2 Å². The lowest BCUT2D eigenvalue weighted by Crippen LogP contribution is -2.21. The molecule has 0 aliphatic rings. The van der Waals surface area contributed by atoms with Crippen molar-refractivity contribution >= 4 is 50.5 Å². The van der Waals surface area contributed by atoms with Gasteiger partial charge < -0.3 is 28.4 Å². The molecule has 0 unspecified atom stereocenters. The van der Waals surface area contributed by atoms with Crippen LogP contribution in [0.3, 0.4) is 0 Å². The van der Waals surface area contributed by atoms with Gasteiger partial charge in [-0.1, -0.05) is 36.4 Å². The van der Waals surface area contributed by atoms with Gasteiger partial charge in [0.1, 0.15) is 22.5 Å². The average molecular weight is 459 g/mol. The predicted molar refractivity (Wildman–Crippen MR) is 126 cm³/mol. The summed E-state index contributed by atoms with van der Waals surface area (Å²) >= 11 is 0. The zero-order valence-electron chi connectivity index (χ0n) is 18.5. The van der Waals surface area contributed by atoms with Crippen LogP contribution in [0.1, 0.15) is 16.1 Å². The van der Waals surface area contributed by atoms with Crippen LogP contribution < -0.4 is 10.1 Å². The van der Waals surface area contributed by atoms with Gasteiger partial charge in [0.15, 0.2) is 6.61 Å². The molecule has 0 saturated heterocycles. The second-order valence-corrected chi connectivity index (χ2v) is 7.61. The minimum atomic E-state index is -0.752. The van der Waals surface area contributed by atoms with Gasteiger partial charge in [0.25, 0.3) is 5.91 Å². The van der Waals surface area contributed by atoms with Gasteiger partial charge >= 0.3 is 5.97 Å². The van der Waals surface area contributed by atoms with E-state index in [1.54, 1.807) is 24.3 Å². The van der Waals surface area contributed by atoms with Crippen molar-refractivity contribution in [1.29, 1.82) is 0 Å². The highest BCUT2D eigenvalue weighted by Crippen LogP contribution is 2.36. The van der Waals surface area contributed by atoms with E-state index in [1.807, 2.05) is 36.4 Å². The molecule has 2 aromatic heterocycles. The van der Waals surface area contributed by atoms with Crippen molar-refractivity contribution < 1.29 is 32.6 Å². The van der Waals surface area contributed by atoms with Crippen LogP contribution in [0.2, 0.25) is 0 Å². The number of fused-ring (bicyclic) bond motifs is 4. The van der Waals surface area contributed by atoms with Crippen molar-refractivity contribution in [3.05, 3.63) is 72.0 Å². The number of furan rings is 2. The number of ether oxygens (including phenoxy) is 3. The first-order valence-corrected chi connectivity index (χ1v) is 10.5. The highest BCUT2D eigenvalue weighted by molar-refractivity contribution is 6.08. The van der Waals surface area contributed by atoms with Gasteiger partial charge in [-0.2, -0.15) is 0 Å². The summed E-state index contributed by atoms with van der Waals surface area (Å²) in [5.74, 6) is -0.819. The number of amides is 1. The smallest absolute Gasteiger partial charge is 0.375 e. The molecule has 172 valence electrons. The molecular weight excluding hydrogens is 438 g/mol. The Bertz CT molecular complexity index is 1530. The number of anilines is 1. The van der Waals surface area contributed by atoms with E-state index in [9.17, 15) is 9.59 Å². The van der Waals surface area contributed by atoms with Crippen LogP contribution in [-0.4, -0.2) is 32.7 Å². The summed E-state index contributed by atoms with van der Waals surface area (Å²) in [4.78, 5) is 25.3. The lowest BCUT2D eigenvalue weighted by molar-refractivity contribution is -0.119. The Balaban J connectivity index is 1.34. The summed E-state index contributed by atoms with van der Waals surface area (Å²) in [6, 6.07) is 18.3. The number of benzene rings is 3. The predicted octanol–water partition coefficient (Wildman–Crippen LogP) is 5.28. The molecule has 8 heteroatoms. The normalized spacial score (nSPS) is 11.2. The highest BCUT2D eigenvalue weighted by atomic mass is 16.5. The van der Waals surface area contributed by atoms with Crippen molar-refractivity contribution in [3.8, 4) is 5.75 Å². The molecule has 2 heterocycles. The molecule has 1 N–H and O–H groups in total. The molecular formula is C26H21NO7. The minimum absolute atomic E-state index is 0.0112. The second kappa shape index (κ2) is 8.92. The average Bonchev–Trinajstić information content (AvgIpc) is 3.40. The Morgan fingerprint density at radius 1 is 0.853 bits per heavy atom. The molecule has 0 bridgehead atoms. The monoisotopic (exact) mass is 459 g/mol. The molecule has 34 heavy (non-hydrogen) atoms. The zero-order chi connectivity index (χ0) is 23.7. The molecule has 3 aromatic carbocycles. The van der Waals surface area contributed by atoms with Gasteiger partial charge in [0.05, 0.1) is 19.4 Å². The maximum Gasteiger partial charge on any atom is 0.375 e. The van der Waals surface area contributed by atoms with E-state index in [-0.39, 0.29) is 12.4 Å². The number of methoxy groups -OCH3 is 2. The first-order chi connectivity index (χ1) is 16.6. The maximum absolute atomic E-state index is 12.7. The zero-order valence-corrected chi connectivity index (χ0v) is 18.5. The van der Waals surface area contributed by atoms with E-state index in [4.69, 9.17) is 23.0 Å². The van der Waals surface area contributed by atoms with Gasteiger partial charge in [-0.3, -0.25) is 4.79 Å². The SMILES string of the molecule is COCc1c(C(=O)OCC(=O)Nc2cc3oc4ccccc4c3cc2OC)oc2ccccc12. The van der Waals surface area contributed by atoms with Gasteiger partial charge in [-0.25, -0.2) is 4.79 Å². The molecule has 0 radical (unpaired) electrons. The Kier molecular flexibility index (Phi) is 5.65. The molecule has 0 aliphatic carbocycles. The summed E-state index contributed by atoms with van der Waals surface area (Å²) in [5.41, 5.74) is 2.84. The number of nitrogens with one attached hydrogen (secondary N) is 1. The second-order valence-electron chi connectivity index (χ2n) is 7.61. The Morgan fingerprint density at radius 3 is 2.29 bits per heavy atom. The van der Waals surface area contributed by atoms with E-state index in [2.05, 4.69) is 5.32 Å². The summed E-state index contributed by atoms with van der Waals surface area (Å²) in [7, 11) is 3.04. The van der Waals surface area contributed by atoms with E-state index in [0.29, 0.717) is 28.2 Å². The highest BCUT2D eigenvalue weighted by Gasteiger charge is 2.23. The largest absolute Gasteiger partial charge is 0.495 e. The number of rotatable bonds is 7. The molecule has 0 aliphatic heterocycles. The van der Waals surface area contributed by atoms with Gasteiger partial charge in [0.2, 0.25) is 5.76 Å². The van der Waals surface area contributed by atoms with Crippen molar-refractivity contribution in [2.75, 3.05) is 26.1 Å². The third-order valence-electron chi connectivity index (χ3n) is 5.48. The van der Waals surface area contributed by atoms with E-state index in [1.165, 1.54) is 14.2 Å². The Hall–Kier alpha value is -4.30. The third kappa shape index (κ3) is 3.84. The summed E-state index contributed by atoms with van der Waals surface area (Å²) in [5, 5.41) is 5.28.